The fourth-order valence-electron chi connectivity index (χ4n) is 0.447. The van der Waals surface area contributed by atoms with E-state index in [1.54, 1.807) is 0 Å². The highest BCUT2D eigenvalue weighted by Gasteiger charge is 1.93. The van der Waals surface area contributed by atoms with Gasteiger partial charge in [-0.25, -0.2) is 4.79 Å². The molecule has 2 nitrogen and oxygen atoms in total. The summed E-state index contributed by atoms with van der Waals surface area (Å²) in [5.41, 5.74) is 0. The maximum atomic E-state index is 10.5. The number of esters is 1. The van der Waals surface area contributed by atoms with Crippen molar-refractivity contribution < 1.29 is 9.53 Å². The monoisotopic (exact) mass is 142 g/mol. The minimum absolute atomic E-state index is 0.277. The summed E-state index contributed by atoms with van der Waals surface area (Å²) < 4.78 is 4.42. The second-order valence-electron chi connectivity index (χ2n) is 2.27. The Hall–Kier alpha value is -0.790. The molecule has 0 bridgehead atoms. The van der Waals surface area contributed by atoms with Gasteiger partial charge in [-0.15, -0.1) is 0 Å². The molecule has 0 aliphatic heterocycles. The van der Waals surface area contributed by atoms with Crippen LogP contribution in [-0.4, -0.2) is 13.1 Å². The number of ether oxygens (including phenoxy) is 1. The molecule has 0 aromatic carbocycles. The highest BCUT2D eigenvalue weighted by Crippen LogP contribution is 2.01. The number of hydrogen-bond acceptors (Lipinski definition) is 2. The quantitative estimate of drug-likeness (QED) is 0.443. The molecule has 0 saturated carbocycles. The molecule has 0 rings (SSSR count). The van der Waals surface area contributed by atoms with Crippen molar-refractivity contribution in [3.63, 3.8) is 0 Å². The Balaban J connectivity index is 3.63. The lowest BCUT2D eigenvalue weighted by molar-refractivity contribution is -0.134. The van der Waals surface area contributed by atoms with E-state index in [9.17, 15) is 4.79 Å². The van der Waals surface area contributed by atoms with Crippen LogP contribution in [0, 0.1) is 5.92 Å². The molecule has 0 aromatic heterocycles. The summed E-state index contributed by atoms with van der Waals surface area (Å²) in [6, 6.07) is 0. The molecule has 58 valence electrons. The first kappa shape index (κ1) is 9.21. The first-order chi connectivity index (χ1) is 4.70. The van der Waals surface area contributed by atoms with E-state index in [2.05, 4.69) is 18.6 Å². The van der Waals surface area contributed by atoms with E-state index in [0.717, 1.165) is 6.42 Å². The number of hydrogen-bond donors (Lipinski definition) is 0. The average Bonchev–Trinajstić information content (AvgIpc) is 1.99. The molecule has 0 aromatic rings. The molecule has 0 aliphatic rings. The fourth-order valence-corrected chi connectivity index (χ4v) is 0.447. The highest BCUT2D eigenvalue weighted by atomic mass is 16.5. The van der Waals surface area contributed by atoms with Crippen molar-refractivity contribution in [1.82, 2.24) is 0 Å². The lowest BCUT2D eigenvalue weighted by atomic mass is 10.1. The number of methoxy groups -OCH3 is 1. The molecule has 2 heteroatoms. The minimum atomic E-state index is -0.277. The molecular weight excluding hydrogens is 128 g/mol. The predicted molar refractivity (Wildman–Crippen MR) is 40.6 cm³/mol. The van der Waals surface area contributed by atoms with Crippen LogP contribution in [0.4, 0.5) is 0 Å². The van der Waals surface area contributed by atoms with Crippen molar-refractivity contribution in [2.75, 3.05) is 7.11 Å². The van der Waals surface area contributed by atoms with Gasteiger partial charge in [0.2, 0.25) is 0 Å². The Kier molecular flexibility index (Phi) is 4.63. The van der Waals surface area contributed by atoms with Crippen molar-refractivity contribution in [3.8, 4) is 0 Å². The Labute approximate surface area is 61.9 Å². The van der Waals surface area contributed by atoms with Gasteiger partial charge in [0.25, 0.3) is 0 Å². The fraction of sp³-hybridized carbons (Fsp3) is 0.625. The second kappa shape index (κ2) is 5.03. The normalized spacial score (nSPS) is 13.5. The van der Waals surface area contributed by atoms with Gasteiger partial charge in [-0.3, -0.25) is 0 Å². The lowest BCUT2D eigenvalue weighted by Crippen LogP contribution is -1.95. The van der Waals surface area contributed by atoms with Crippen LogP contribution in [0.5, 0.6) is 0 Å². The third-order valence-electron chi connectivity index (χ3n) is 1.41. The van der Waals surface area contributed by atoms with Crippen molar-refractivity contribution in [1.29, 1.82) is 0 Å². The van der Waals surface area contributed by atoms with Gasteiger partial charge in [-0.1, -0.05) is 26.3 Å². The molecule has 0 heterocycles. The Morgan fingerprint density at radius 2 is 2.30 bits per heavy atom. The first-order valence-corrected chi connectivity index (χ1v) is 3.46. The van der Waals surface area contributed by atoms with Gasteiger partial charge >= 0.3 is 5.97 Å². The van der Waals surface area contributed by atoms with Gasteiger partial charge < -0.3 is 4.74 Å². The van der Waals surface area contributed by atoms with E-state index < -0.39 is 0 Å². The van der Waals surface area contributed by atoms with Gasteiger partial charge in [-0.05, 0) is 5.92 Å². The minimum Gasteiger partial charge on any atom is -0.466 e. The van der Waals surface area contributed by atoms with Gasteiger partial charge in [0, 0.05) is 6.08 Å². The van der Waals surface area contributed by atoms with Crippen LogP contribution in [0.3, 0.4) is 0 Å². The average molecular weight is 142 g/mol. The number of rotatable bonds is 3. The van der Waals surface area contributed by atoms with E-state index in [1.165, 1.54) is 13.2 Å². The first-order valence-electron chi connectivity index (χ1n) is 3.46. The lowest BCUT2D eigenvalue weighted by Gasteiger charge is -1.97. The SMILES string of the molecule is CCC(C)/C=C/C(=O)OC. The topological polar surface area (TPSA) is 26.3 Å². The molecule has 0 radical (unpaired) electrons. The van der Waals surface area contributed by atoms with Crippen LogP contribution < -0.4 is 0 Å². The summed E-state index contributed by atoms with van der Waals surface area (Å²) in [7, 11) is 1.38. The predicted octanol–water partition coefficient (Wildman–Crippen LogP) is 1.76. The molecule has 0 aliphatic carbocycles. The molecule has 1 atom stereocenters. The summed E-state index contributed by atoms with van der Waals surface area (Å²) in [6.45, 7) is 4.13. The van der Waals surface area contributed by atoms with Crippen molar-refractivity contribution >= 4 is 5.97 Å². The van der Waals surface area contributed by atoms with E-state index in [0.29, 0.717) is 5.92 Å². The Morgan fingerprint density at radius 1 is 1.70 bits per heavy atom. The van der Waals surface area contributed by atoms with E-state index in [-0.39, 0.29) is 5.97 Å². The molecule has 10 heavy (non-hydrogen) atoms. The maximum absolute atomic E-state index is 10.5. The van der Waals surface area contributed by atoms with E-state index >= 15 is 0 Å². The zero-order valence-electron chi connectivity index (χ0n) is 6.76. The van der Waals surface area contributed by atoms with Gasteiger partial charge in [0.05, 0.1) is 7.11 Å². The van der Waals surface area contributed by atoms with Crippen molar-refractivity contribution in [2.24, 2.45) is 5.92 Å². The Bertz CT molecular complexity index is 127. The summed E-state index contributed by atoms with van der Waals surface area (Å²) in [4.78, 5) is 10.5. The molecule has 0 amide bonds. The summed E-state index contributed by atoms with van der Waals surface area (Å²) in [5, 5.41) is 0. The van der Waals surface area contributed by atoms with Gasteiger partial charge in [0.1, 0.15) is 0 Å². The van der Waals surface area contributed by atoms with Crippen molar-refractivity contribution in [3.05, 3.63) is 12.2 Å². The zero-order valence-corrected chi connectivity index (χ0v) is 6.76. The van der Waals surface area contributed by atoms with Gasteiger partial charge in [0.15, 0.2) is 0 Å². The Morgan fingerprint density at radius 3 is 2.70 bits per heavy atom. The van der Waals surface area contributed by atoms with E-state index in [4.69, 9.17) is 0 Å². The molecule has 0 spiro atoms. The highest BCUT2D eigenvalue weighted by molar-refractivity contribution is 5.81. The number of carbonyl (C=O) groups excluding carboxylic acids is 1. The number of allylic oxidation sites excluding steroid dienone is 1. The zero-order chi connectivity index (χ0) is 7.98. The third-order valence-corrected chi connectivity index (χ3v) is 1.41. The molecule has 0 saturated heterocycles. The van der Waals surface area contributed by atoms with Crippen LogP contribution in [0.15, 0.2) is 12.2 Å². The molecule has 0 N–H and O–H groups in total. The van der Waals surface area contributed by atoms with E-state index in [1.807, 2.05) is 6.08 Å². The van der Waals surface area contributed by atoms with Crippen LogP contribution in [0.2, 0.25) is 0 Å². The van der Waals surface area contributed by atoms with Gasteiger partial charge in [-0.2, -0.15) is 0 Å². The smallest absolute Gasteiger partial charge is 0.330 e. The second-order valence-corrected chi connectivity index (χ2v) is 2.27. The van der Waals surface area contributed by atoms with Crippen LogP contribution in [-0.2, 0) is 9.53 Å². The molecular formula is C8H14O2. The third kappa shape index (κ3) is 4.13. The summed E-state index contributed by atoms with van der Waals surface area (Å²) in [6.07, 6.45) is 4.37. The molecule has 1 unspecified atom stereocenters. The largest absolute Gasteiger partial charge is 0.466 e. The van der Waals surface area contributed by atoms with Crippen molar-refractivity contribution in [2.45, 2.75) is 20.3 Å². The molecule has 0 fully saturated rings. The maximum Gasteiger partial charge on any atom is 0.330 e. The van der Waals surface area contributed by atoms with Crippen LogP contribution >= 0.6 is 0 Å². The summed E-state index contributed by atoms with van der Waals surface area (Å²) >= 11 is 0. The van der Waals surface area contributed by atoms with Crippen LogP contribution in [0.1, 0.15) is 20.3 Å². The summed E-state index contributed by atoms with van der Waals surface area (Å²) in [5.74, 6) is 0.180. The van der Waals surface area contributed by atoms with Crippen LogP contribution in [0.25, 0.3) is 0 Å². The standard InChI is InChI=1S/C8H14O2/c1-4-7(2)5-6-8(9)10-3/h5-7H,4H2,1-3H3/b6-5+. The number of carbonyl (C=O) groups is 1.